The molecule has 0 spiro atoms. The highest BCUT2D eigenvalue weighted by molar-refractivity contribution is 5.25. The SMILES string of the molecule is OC1(c2ccc(F)cc2)C[C@@H]2CC[C@@H](C1)N2Cc1nnnn1Cc1ccco1. The van der Waals surface area contributed by atoms with Gasteiger partial charge in [-0.3, -0.25) is 4.90 Å². The van der Waals surface area contributed by atoms with Crippen molar-refractivity contribution in [2.75, 3.05) is 0 Å². The van der Waals surface area contributed by atoms with Gasteiger partial charge < -0.3 is 9.52 Å². The van der Waals surface area contributed by atoms with Gasteiger partial charge in [-0.2, -0.15) is 0 Å². The highest BCUT2D eigenvalue weighted by Crippen LogP contribution is 2.46. The maximum atomic E-state index is 13.3. The van der Waals surface area contributed by atoms with Crippen molar-refractivity contribution >= 4 is 0 Å². The monoisotopic (exact) mass is 383 g/mol. The lowest BCUT2D eigenvalue weighted by molar-refractivity contribution is -0.0604. The predicted octanol–water partition coefficient (Wildman–Crippen LogP) is 2.47. The highest BCUT2D eigenvalue weighted by atomic mass is 19.1. The van der Waals surface area contributed by atoms with E-state index in [4.69, 9.17) is 4.42 Å². The van der Waals surface area contributed by atoms with Crippen molar-refractivity contribution in [3.05, 3.63) is 65.6 Å². The number of halogens is 1. The third-order valence-corrected chi connectivity index (χ3v) is 6.12. The van der Waals surface area contributed by atoms with Crippen LogP contribution in [-0.2, 0) is 18.7 Å². The van der Waals surface area contributed by atoms with Gasteiger partial charge in [0.05, 0.1) is 18.4 Å². The zero-order chi connectivity index (χ0) is 19.1. The molecule has 2 aliphatic heterocycles. The number of furan rings is 1. The summed E-state index contributed by atoms with van der Waals surface area (Å²) in [6, 6.07) is 10.5. The number of aromatic nitrogens is 4. The van der Waals surface area contributed by atoms with E-state index in [0.717, 1.165) is 30.0 Å². The van der Waals surface area contributed by atoms with E-state index in [1.165, 1.54) is 12.1 Å². The number of fused-ring (bicyclic) bond motifs is 2. The third-order valence-electron chi connectivity index (χ3n) is 6.12. The minimum atomic E-state index is -0.907. The number of hydrogen-bond donors (Lipinski definition) is 1. The number of benzene rings is 1. The molecule has 0 saturated carbocycles. The number of tetrazole rings is 1. The number of piperidine rings is 1. The van der Waals surface area contributed by atoms with E-state index in [1.54, 1.807) is 23.1 Å². The molecule has 146 valence electrons. The first-order chi connectivity index (χ1) is 13.6. The third kappa shape index (κ3) is 3.12. The second-order valence-electron chi connectivity index (χ2n) is 7.84. The van der Waals surface area contributed by atoms with Crippen LogP contribution in [0.15, 0.2) is 47.1 Å². The summed E-state index contributed by atoms with van der Waals surface area (Å²) in [7, 11) is 0. The van der Waals surface area contributed by atoms with Crippen molar-refractivity contribution in [1.82, 2.24) is 25.1 Å². The molecule has 1 aromatic carbocycles. The zero-order valence-electron chi connectivity index (χ0n) is 15.4. The first-order valence-electron chi connectivity index (χ1n) is 9.62. The molecule has 4 heterocycles. The lowest BCUT2D eigenvalue weighted by Gasteiger charge is -2.43. The maximum absolute atomic E-state index is 13.3. The summed E-state index contributed by atoms with van der Waals surface area (Å²) < 4.78 is 20.4. The zero-order valence-corrected chi connectivity index (χ0v) is 15.4. The molecule has 8 heteroatoms. The second kappa shape index (κ2) is 6.79. The van der Waals surface area contributed by atoms with E-state index in [0.29, 0.717) is 25.9 Å². The molecule has 2 aromatic heterocycles. The van der Waals surface area contributed by atoms with Gasteiger partial charge in [0.1, 0.15) is 18.1 Å². The summed E-state index contributed by atoms with van der Waals surface area (Å²) in [5.74, 6) is 1.32. The van der Waals surface area contributed by atoms with Gasteiger partial charge in [-0.15, -0.1) is 5.10 Å². The van der Waals surface area contributed by atoms with Crippen molar-refractivity contribution in [3.63, 3.8) is 0 Å². The summed E-state index contributed by atoms with van der Waals surface area (Å²) >= 11 is 0. The molecule has 5 rings (SSSR count). The summed E-state index contributed by atoms with van der Waals surface area (Å²) in [4.78, 5) is 2.41. The quantitative estimate of drug-likeness (QED) is 0.729. The average molecular weight is 383 g/mol. The molecule has 2 saturated heterocycles. The molecular weight excluding hydrogens is 361 g/mol. The molecule has 2 aliphatic rings. The van der Waals surface area contributed by atoms with Crippen LogP contribution in [0.5, 0.6) is 0 Å². The Morgan fingerprint density at radius 1 is 1.11 bits per heavy atom. The van der Waals surface area contributed by atoms with Crippen LogP contribution in [0, 0.1) is 5.82 Å². The van der Waals surface area contributed by atoms with Gasteiger partial charge in [0.25, 0.3) is 0 Å². The minimum Gasteiger partial charge on any atom is -0.467 e. The summed E-state index contributed by atoms with van der Waals surface area (Å²) in [6.45, 7) is 1.14. The number of aliphatic hydroxyl groups is 1. The lowest BCUT2D eigenvalue weighted by atomic mass is 9.80. The molecular formula is C20H22FN5O2. The van der Waals surface area contributed by atoms with Gasteiger partial charge in [-0.25, -0.2) is 9.07 Å². The Balaban J connectivity index is 1.33. The Hall–Kier alpha value is -2.58. The van der Waals surface area contributed by atoms with Gasteiger partial charge in [0.15, 0.2) is 5.82 Å². The van der Waals surface area contributed by atoms with Crippen molar-refractivity contribution in [1.29, 1.82) is 0 Å². The molecule has 0 unspecified atom stereocenters. The molecule has 2 bridgehead atoms. The first kappa shape index (κ1) is 17.5. The van der Waals surface area contributed by atoms with E-state index in [-0.39, 0.29) is 17.9 Å². The minimum absolute atomic E-state index is 0.252. The van der Waals surface area contributed by atoms with E-state index in [9.17, 15) is 9.50 Å². The van der Waals surface area contributed by atoms with Crippen LogP contribution in [0.1, 0.15) is 42.8 Å². The topological polar surface area (TPSA) is 80.2 Å². The fraction of sp³-hybridized carbons (Fsp3) is 0.450. The van der Waals surface area contributed by atoms with Crippen molar-refractivity contribution < 1.29 is 13.9 Å². The molecule has 0 amide bonds. The molecule has 2 fully saturated rings. The Bertz CT molecular complexity index is 926. The number of hydrogen-bond acceptors (Lipinski definition) is 6. The van der Waals surface area contributed by atoms with Crippen molar-refractivity contribution in [2.24, 2.45) is 0 Å². The summed E-state index contributed by atoms with van der Waals surface area (Å²) in [5, 5.41) is 23.4. The Kier molecular flexibility index (Phi) is 4.25. The van der Waals surface area contributed by atoms with Crippen molar-refractivity contribution in [3.8, 4) is 0 Å². The predicted molar refractivity (Wildman–Crippen MR) is 97.5 cm³/mol. The number of nitrogens with zero attached hydrogens (tertiary/aromatic N) is 5. The smallest absolute Gasteiger partial charge is 0.165 e. The Morgan fingerprint density at radius 2 is 1.86 bits per heavy atom. The largest absolute Gasteiger partial charge is 0.467 e. The summed E-state index contributed by atoms with van der Waals surface area (Å²) in [5.41, 5.74) is -0.107. The van der Waals surface area contributed by atoms with Gasteiger partial charge in [0, 0.05) is 12.1 Å². The van der Waals surface area contributed by atoms with Crippen LogP contribution in [0.2, 0.25) is 0 Å². The van der Waals surface area contributed by atoms with E-state index in [1.807, 2.05) is 12.1 Å². The molecule has 0 aliphatic carbocycles. The van der Waals surface area contributed by atoms with Gasteiger partial charge in [-0.05, 0) is 65.9 Å². The van der Waals surface area contributed by atoms with Gasteiger partial charge in [0.2, 0.25) is 0 Å². The van der Waals surface area contributed by atoms with Gasteiger partial charge >= 0.3 is 0 Å². The maximum Gasteiger partial charge on any atom is 0.165 e. The molecule has 0 radical (unpaired) electrons. The molecule has 7 nitrogen and oxygen atoms in total. The van der Waals surface area contributed by atoms with E-state index >= 15 is 0 Å². The van der Waals surface area contributed by atoms with Gasteiger partial charge in [-0.1, -0.05) is 12.1 Å². The standard InChI is InChI=1S/C20H22FN5O2/c21-15-5-3-14(4-6-15)20(27)10-16-7-8-17(11-20)25(16)13-19-22-23-24-26(19)12-18-2-1-9-28-18/h1-6,9,16-17,27H,7-8,10-13H2/t16-,17-/m0/s1. The second-order valence-corrected chi connectivity index (χ2v) is 7.84. The number of rotatable bonds is 5. The normalized spacial score (nSPS) is 27.4. The Morgan fingerprint density at radius 3 is 2.54 bits per heavy atom. The van der Waals surface area contributed by atoms with Crippen LogP contribution in [0.4, 0.5) is 4.39 Å². The Labute approximate surface area is 161 Å². The van der Waals surface area contributed by atoms with Crippen LogP contribution in [0.25, 0.3) is 0 Å². The van der Waals surface area contributed by atoms with Crippen LogP contribution in [0.3, 0.4) is 0 Å². The van der Waals surface area contributed by atoms with Crippen molar-refractivity contribution in [2.45, 2.75) is 56.5 Å². The molecule has 2 atom stereocenters. The van der Waals surface area contributed by atoms with Crippen LogP contribution >= 0.6 is 0 Å². The van der Waals surface area contributed by atoms with Crippen LogP contribution < -0.4 is 0 Å². The highest BCUT2D eigenvalue weighted by Gasteiger charge is 2.48. The molecule has 3 aromatic rings. The lowest BCUT2D eigenvalue weighted by Crippen LogP contribution is -2.49. The fourth-order valence-corrected chi connectivity index (χ4v) is 4.74. The summed E-state index contributed by atoms with van der Waals surface area (Å²) in [6.07, 6.45) is 4.98. The first-order valence-corrected chi connectivity index (χ1v) is 9.62. The van der Waals surface area contributed by atoms with E-state index < -0.39 is 5.60 Å². The fourth-order valence-electron chi connectivity index (χ4n) is 4.74. The van der Waals surface area contributed by atoms with Crippen LogP contribution in [-0.4, -0.2) is 42.3 Å². The van der Waals surface area contributed by atoms with E-state index in [2.05, 4.69) is 20.4 Å². The average Bonchev–Trinajstić information content (AvgIpc) is 3.40. The molecule has 28 heavy (non-hydrogen) atoms. The molecule has 1 N–H and O–H groups in total.